The number of nitrogens with two attached hydrogens (primary N) is 1. The van der Waals surface area contributed by atoms with Crippen molar-refractivity contribution < 1.29 is 4.79 Å². The van der Waals surface area contributed by atoms with Crippen molar-refractivity contribution in [3.63, 3.8) is 0 Å². The highest BCUT2D eigenvalue weighted by atomic mass is 16.1. The molecule has 110 valence electrons. The summed E-state index contributed by atoms with van der Waals surface area (Å²) in [7, 11) is 0. The van der Waals surface area contributed by atoms with Crippen molar-refractivity contribution in [1.29, 1.82) is 0 Å². The molecule has 2 rings (SSSR count). The monoisotopic (exact) mass is 283 g/mol. The van der Waals surface area contributed by atoms with Gasteiger partial charge in [-0.25, -0.2) is 0 Å². The highest BCUT2D eigenvalue weighted by molar-refractivity contribution is 5.78. The van der Waals surface area contributed by atoms with E-state index in [1.807, 2.05) is 6.92 Å². The van der Waals surface area contributed by atoms with Crippen LogP contribution in [0.1, 0.15) is 36.7 Å². The predicted octanol–water partition coefficient (Wildman–Crippen LogP) is 2.65. The first-order valence-electron chi connectivity index (χ1n) is 7.17. The maximum absolute atomic E-state index is 12.0. The molecule has 4 heteroatoms. The van der Waals surface area contributed by atoms with Crippen molar-refractivity contribution in [2.45, 2.75) is 32.7 Å². The number of aryl methyl sites for hydroxylation is 1. The molecule has 0 radical (unpaired) electrons. The van der Waals surface area contributed by atoms with Crippen molar-refractivity contribution >= 4 is 11.6 Å². The van der Waals surface area contributed by atoms with Gasteiger partial charge in [0.2, 0.25) is 5.91 Å². The molecule has 0 aliphatic heterocycles. The number of carbonyl (C=O) groups is 1. The molecule has 2 aromatic rings. The van der Waals surface area contributed by atoms with Crippen LogP contribution < -0.4 is 11.1 Å². The highest BCUT2D eigenvalue weighted by Gasteiger charge is 2.10. The normalized spacial score (nSPS) is 11.9. The molecule has 0 spiro atoms. The quantitative estimate of drug-likeness (QED) is 0.886. The van der Waals surface area contributed by atoms with E-state index in [2.05, 4.69) is 41.5 Å². The second kappa shape index (κ2) is 6.88. The van der Waals surface area contributed by atoms with Crippen LogP contribution in [0.3, 0.4) is 0 Å². The fourth-order valence-corrected chi connectivity index (χ4v) is 2.12. The van der Waals surface area contributed by atoms with E-state index in [1.54, 1.807) is 18.3 Å². The van der Waals surface area contributed by atoms with Gasteiger partial charge >= 0.3 is 0 Å². The van der Waals surface area contributed by atoms with Gasteiger partial charge in [-0.15, -0.1) is 0 Å². The van der Waals surface area contributed by atoms with Crippen molar-refractivity contribution in [2.24, 2.45) is 0 Å². The molecule has 1 unspecified atom stereocenters. The molecule has 1 amide bonds. The molecule has 1 aromatic carbocycles. The number of nitrogens with zero attached hydrogens (tertiary/aromatic N) is 1. The fraction of sp³-hybridized carbons (Fsp3) is 0.294. The standard InChI is InChI=1S/C17H21N3O/c1-3-13-4-6-14(7-5-13)12(2)20-17(21)10-16-9-8-15(18)11-19-16/h4-9,11-12H,3,10,18H2,1-2H3,(H,20,21). The lowest BCUT2D eigenvalue weighted by Gasteiger charge is -2.14. The van der Waals surface area contributed by atoms with Crippen LogP contribution in [0.25, 0.3) is 0 Å². The molecule has 0 saturated carbocycles. The molecule has 0 saturated heterocycles. The lowest BCUT2D eigenvalue weighted by Crippen LogP contribution is -2.28. The molecule has 3 N–H and O–H groups in total. The van der Waals surface area contributed by atoms with E-state index < -0.39 is 0 Å². The Bertz CT molecular complexity index is 590. The Labute approximate surface area is 125 Å². The van der Waals surface area contributed by atoms with Gasteiger partial charge in [-0.1, -0.05) is 31.2 Å². The number of pyridine rings is 1. The minimum Gasteiger partial charge on any atom is -0.397 e. The van der Waals surface area contributed by atoms with E-state index >= 15 is 0 Å². The summed E-state index contributed by atoms with van der Waals surface area (Å²) in [5.41, 5.74) is 9.29. The number of benzene rings is 1. The summed E-state index contributed by atoms with van der Waals surface area (Å²) >= 11 is 0. The van der Waals surface area contributed by atoms with E-state index in [-0.39, 0.29) is 18.4 Å². The third-order valence-corrected chi connectivity index (χ3v) is 3.45. The number of aromatic nitrogens is 1. The number of hydrogen-bond acceptors (Lipinski definition) is 3. The molecule has 0 bridgehead atoms. The number of amides is 1. The van der Waals surface area contributed by atoms with Crippen LogP contribution in [0.15, 0.2) is 42.6 Å². The van der Waals surface area contributed by atoms with Crippen molar-refractivity contribution in [1.82, 2.24) is 10.3 Å². The number of rotatable bonds is 5. The van der Waals surface area contributed by atoms with Gasteiger partial charge in [0.1, 0.15) is 0 Å². The van der Waals surface area contributed by atoms with Gasteiger partial charge in [-0.05, 0) is 36.6 Å². The molecule has 4 nitrogen and oxygen atoms in total. The SMILES string of the molecule is CCc1ccc(C(C)NC(=O)Cc2ccc(N)cn2)cc1. The van der Waals surface area contributed by atoms with Crippen molar-refractivity contribution in [2.75, 3.05) is 5.73 Å². The average Bonchev–Trinajstić information content (AvgIpc) is 2.49. The number of carbonyl (C=O) groups excluding carboxylic acids is 1. The molecular weight excluding hydrogens is 262 g/mol. The van der Waals surface area contributed by atoms with Gasteiger partial charge in [0.05, 0.1) is 24.3 Å². The fourth-order valence-electron chi connectivity index (χ4n) is 2.12. The summed E-state index contributed by atoms with van der Waals surface area (Å²) < 4.78 is 0. The summed E-state index contributed by atoms with van der Waals surface area (Å²) in [4.78, 5) is 16.2. The molecule has 1 aromatic heterocycles. The van der Waals surface area contributed by atoms with Crippen LogP contribution in [-0.4, -0.2) is 10.9 Å². The van der Waals surface area contributed by atoms with Crippen LogP contribution in [0, 0.1) is 0 Å². The molecular formula is C17H21N3O. The first-order chi connectivity index (χ1) is 10.1. The number of nitrogen functional groups attached to an aromatic ring is 1. The predicted molar refractivity (Wildman–Crippen MR) is 84.7 cm³/mol. The van der Waals surface area contributed by atoms with Crippen LogP contribution in [-0.2, 0) is 17.6 Å². The van der Waals surface area contributed by atoms with Gasteiger partial charge in [-0.2, -0.15) is 0 Å². The largest absolute Gasteiger partial charge is 0.397 e. The first kappa shape index (κ1) is 15.0. The number of nitrogens with one attached hydrogen (secondary N) is 1. The Kier molecular flexibility index (Phi) is 4.93. The zero-order chi connectivity index (χ0) is 15.2. The van der Waals surface area contributed by atoms with Crippen LogP contribution in [0.5, 0.6) is 0 Å². The van der Waals surface area contributed by atoms with E-state index in [9.17, 15) is 4.79 Å². The zero-order valence-electron chi connectivity index (χ0n) is 12.5. The van der Waals surface area contributed by atoms with E-state index in [0.717, 1.165) is 17.7 Å². The molecule has 21 heavy (non-hydrogen) atoms. The van der Waals surface area contributed by atoms with Gasteiger partial charge in [-0.3, -0.25) is 9.78 Å². The van der Waals surface area contributed by atoms with Gasteiger partial charge in [0, 0.05) is 5.69 Å². The summed E-state index contributed by atoms with van der Waals surface area (Å²) in [5, 5.41) is 2.99. The smallest absolute Gasteiger partial charge is 0.226 e. The number of hydrogen-bond donors (Lipinski definition) is 2. The van der Waals surface area contributed by atoms with E-state index in [4.69, 9.17) is 5.73 Å². The van der Waals surface area contributed by atoms with Crippen LogP contribution in [0.2, 0.25) is 0 Å². The molecule has 1 atom stereocenters. The lowest BCUT2D eigenvalue weighted by atomic mass is 10.0. The Morgan fingerprint density at radius 3 is 2.52 bits per heavy atom. The van der Waals surface area contributed by atoms with Gasteiger partial charge in [0.15, 0.2) is 0 Å². The summed E-state index contributed by atoms with van der Waals surface area (Å²) in [5.74, 6) is -0.0423. The Morgan fingerprint density at radius 2 is 1.95 bits per heavy atom. The molecule has 0 fully saturated rings. The summed E-state index contributed by atoms with van der Waals surface area (Å²) in [6.07, 6.45) is 2.84. The first-order valence-corrected chi connectivity index (χ1v) is 7.17. The number of anilines is 1. The Morgan fingerprint density at radius 1 is 1.24 bits per heavy atom. The highest BCUT2D eigenvalue weighted by Crippen LogP contribution is 2.14. The van der Waals surface area contributed by atoms with Gasteiger partial charge in [0.25, 0.3) is 0 Å². The van der Waals surface area contributed by atoms with Crippen molar-refractivity contribution in [3.8, 4) is 0 Å². The van der Waals surface area contributed by atoms with Crippen molar-refractivity contribution in [3.05, 3.63) is 59.4 Å². The second-order valence-electron chi connectivity index (χ2n) is 5.14. The summed E-state index contributed by atoms with van der Waals surface area (Å²) in [6.45, 7) is 4.11. The minimum atomic E-state index is -0.0423. The third kappa shape index (κ3) is 4.31. The molecule has 0 aliphatic rings. The second-order valence-corrected chi connectivity index (χ2v) is 5.14. The zero-order valence-corrected chi connectivity index (χ0v) is 12.5. The molecule has 0 aliphatic carbocycles. The topological polar surface area (TPSA) is 68.0 Å². The summed E-state index contributed by atoms with van der Waals surface area (Å²) in [6, 6.07) is 11.8. The van der Waals surface area contributed by atoms with Gasteiger partial charge < -0.3 is 11.1 Å². The van der Waals surface area contributed by atoms with E-state index in [1.165, 1.54) is 5.56 Å². The molecule has 1 heterocycles. The van der Waals surface area contributed by atoms with E-state index in [0.29, 0.717) is 5.69 Å². The Hall–Kier alpha value is -2.36. The third-order valence-electron chi connectivity index (χ3n) is 3.45. The maximum Gasteiger partial charge on any atom is 0.226 e. The lowest BCUT2D eigenvalue weighted by molar-refractivity contribution is -0.121. The van der Waals surface area contributed by atoms with Crippen LogP contribution in [0.4, 0.5) is 5.69 Å². The maximum atomic E-state index is 12.0. The Balaban J connectivity index is 1.93. The minimum absolute atomic E-state index is 0.0165. The average molecular weight is 283 g/mol. The van der Waals surface area contributed by atoms with Crippen LogP contribution >= 0.6 is 0 Å².